The van der Waals surface area contributed by atoms with Crippen molar-refractivity contribution < 1.29 is 4.42 Å². The number of hydrogen-bond acceptors (Lipinski definition) is 4. The zero-order valence-electron chi connectivity index (χ0n) is 11.9. The summed E-state index contributed by atoms with van der Waals surface area (Å²) in [6.07, 6.45) is 3.70. The summed E-state index contributed by atoms with van der Waals surface area (Å²) in [5.41, 5.74) is 8.73. The van der Waals surface area contributed by atoms with Gasteiger partial charge in [0, 0.05) is 12.1 Å². The Labute approximate surface area is 117 Å². The molecule has 0 aliphatic heterocycles. The monoisotopic (exact) mass is 275 g/mol. The Morgan fingerprint density at radius 1 is 1.35 bits per heavy atom. The number of nitrogens with two attached hydrogens (primary N) is 1. The molecule has 1 fully saturated rings. The Kier molecular flexibility index (Phi) is 3.20. The molecule has 3 rings (SSSR count). The maximum Gasteiger partial charge on any atom is 0.417 e. The lowest BCUT2D eigenvalue weighted by Gasteiger charge is -2.35. The molecule has 4 N–H and O–H groups in total. The molecular formula is C15H21N3O2. The Bertz CT molecular complexity index is 673. The van der Waals surface area contributed by atoms with Gasteiger partial charge >= 0.3 is 5.76 Å². The van der Waals surface area contributed by atoms with E-state index in [9.17, 15) is 4.79 Å². The maximum atomic E-state index is 11.2. The molecule has 0 amide bonds. The summed E-state index contributed by atoms with van der Waals surface area (Å²) in [5, 5.41) is 3.54. The third-order valence-corrected chi connectivity index (χ3v) is 4.64. The minimum Gasteiger partial charge on any atom is -0.408 e. The van der Waals surface area contributed by atoms with E-state index >= 15 is 0 Å². The van der Waals surface area contributed by atoms with Crippen molar-refractivity contribution in [2.75, 3.05) is 11.1 Å². The second-order valence-corrected chi connectivity index (χ2v) is 5.97. The molecule has 0 bridgehead atoms. The number of benzene rings is 1. The summed E-state index contributed by atoms with van der Waals surface area (Å²) in [4.78, 5) is 13.9. The molecule has 2 aromatic rings. The molecule has 0 radical (unpaired) electrons. The second kappa shape index (κ2) is 4.89. The number of aromatic nitrogens is 1. The van der Waals surface area contributed by atoms with Gasteiger partial charge in [-0.25, -0.2) is 4.79 Å². The number of anilines is 2. The minimum atomic E-state index is -0.448. The average Bonchev–Trinajstić information content (AvgIpc) is 2.74. The average molecular weight is 275 g/mol. The van der Waals surface area contributed by atoms with Gasteiger partial charge in [0.05, 0.1) is 16.9 Å². The van der Waals surface area contributed by atoms with Crippen LogP contribution in [0.15, 0.2) is 21.3 Å². The number of nitrogens with one attached hydrogen (secondary N) is 2. The lowest BCUT2D eigenvalue weighted by molar-refractivity contribution is 0.253. The molecule has 1 aliphatic rings. The predicted molar refractivity (Wildman–Crippen MR) is 80.8 cm³/mol. The fourth-order valence-electron chi connectivity index (χ4n) is 3.12. The van der Waals surface area contributed by atoms with E-state index in [0.717, 1.165) is 18.0 Å². The van der Waals surface area contributed by atoms with Crippen molar-refractivity contribution >= 4 is 22.5 Å². The van der Waals surface area contributed by atoms with Crippen LogP contribution in [0.3, 0.4) is 0 Å². The van der Waals surface area contributed by atoms with Crippen molar-refractivity contribution in [2.24, 2.45) is 11.8 Å². The zero-order valence-corrected chi connectivity index (χ0v) is 11.9. The normalized spacial score (nSPS) is 26.8. The van der Waals surface area contributed by atoms with E-state index in [1.165, 1.54) is 12.8 Å². The fourth-order valence-corrected chi connectivity index (χ4v) is 3.12. The van der Waals surface area contributed by atoms with E-state index in [4.69, 9.17) is 10.2 Å². The van der Waals surface area contributed by atoms with Gasteiger partial charge in [0.15, 0.2) is 5.58 Å². The summed E-state index contributed by atoms with van der Waals surface area (Å²) >= 11 is 0. The number of rotatable bonds is 2. The molecular weight excluding hydrogens is 254 g/mol. The van der Waals surface area contributed by atoms with Gasteiger partial charge < -0.3 is 15.5 Å². The first kappa shape index (κ1) is 13.1. The van der Waals surface area contributed by atoms with Gasteiger partial charge in [0.1, 0.15) is 0 Å². The minimum absolute atomic E-state index is 0.428. The molecule has 1 aromatic heterocycles. The quantitative estimate of drug-likeness (QED) is 0.736. The lowest BCUT2D eigenvalue weighted by atomic mass is 9.78. The topological polar surface area (TPSA) is 84.0 Å². The van der Waals surface area contributed by atoms with E-state index in [1.54, 1.807) is 6.07 Å². The van der Waals surface area contributed by atoms with E-state index in [2.05, 4.69) is 24.1 Å². The van der Waals surface area contributed by atoms with E-state index < -0.39 is 5.76 Å². The molecule has 0 spiro atoms. The Balaban J connectivity index is 1.89. The molecule has 20 heavy (non-hydrogen) atoms. The van der Waals surface area contributed by atoms with Crippen molar-refractivity contribution in [3.8, 4) is 0 Å². The van der Waals surface area contributed by atoms with E-state index in [0.29, 0.717) is 28.7 Å². The highest BCUT2D eigenvalue weighted by Gasteiger charge is 2.27. The highest BCUT2D eigenvalue weighted by atomic mass is 16.4. The second-order valence-electron chi connectivity index (χ2n) is 5.97. The lowest BCUT2D eigenvalue weighted by Crippen LogP contribution is -2.35. The molecule has 5 heteroatoms. The summed E-state index contributed by atoms with van der Waals surface area (Å²) in [5.74, 6) is 0.887. The van der Waals surface area contributed by atoms with Crippen LogP contribution in [0.25, 0.3) is 11.1 Å². The van der Waals surface area contributed by atoms with E-state index in [-0.39, 0.29) is 0 Å². The summed E-state index contributed by atoms with van der Waals surface area (Å²) in [6, 6.07) is 3.99. The highest BCUT2D eigenvalue weighted by Crippen LogP contribution is 2.33. The molecule has 0 saturated heterocycles. The first-order valence-corrected chi connectivity index (χ1v) is 7.23. The molecule has 1 aromatic carbocycles. The Morgan fingerprint density at radius 3 is 2.95 bits per heavy atom. The molecule has 3 unspecified atom stereocenters. The third-order valence-electron chi connectivity index (χ3n) is 4.64. The van der Waals surface area contributed by atoms with Crippen LogP contribution in [0.2, 0.25) is 0 Å². The maximum absolute atomic E-state index is 11.2. The molecule has 1 aliphatic carbocycles. The number of hydrogen-bond donors (Lipinski definition) is 3. The number of fused-ring (bicyclic) bond motifs is 1. The number of nitrogen functional groups attached to an aromatic ring is 1. The molecule has 108 valence electrons. The molecule has 1 heterocycles. The van der Waals surface area contributed by atoms with Gasteiger partial charge in [0.25, 0.3) is 0 Å². The zero-order chi connectivity index (χ0) is 14.3. The van der Waals surface area contributed by atoms with Gasteiger partial charge in [-0.3, -0.25) is 4.98 Å². The largest absolute Gasteiger partial charge is 0.417 e. The van der Waals surface area contributed by atoms with Crippen molar-refractivity contribution in [3.05, 3.63) is 22.7 Å². The van der Waals surface area contributed by atoms with E-state index in [1.807, 2.05) is 6.07 Å². The van der Waals surface area contributed by atoms with Crippen molar-refractivity contribution in [3.63, 3.8) is 0 Å². The fraction of sp³-hybridized carbons (Fsp3) is 0.533. The molecule has 3 atom stereocenters. The van der Waals surface area contributed by atoms with Crippen LogP contribution in [-0.4, -0.2) is 11.0 Å². The van der Waals surface area contributed by atoms with Gasteiger partial charge in [-0.2, -0.15) is 0 Å². The summed E-state index contributed by atoms with van der Waals surface area (Å²) in [6.45, 7) is 4.59. The van der Waals surface area contributed by atoms with Crippen molar-refractivity contribution in [1.82, 2.24) is 4.98 Å². The van der Waals surface area contributed by atoms with Crippen LogP contribution in [0.1, 0.15) is 33.1 Å². The van der Waals surface area contributed by atoms with Crippen molar-refractivity contribution in [1.29, 1.82) is 0 Å². The molecule has 5 nitrogen and oxygen atoms in total. The Hall–Kier alpha value is -1.91. The first-order chi connectivity index (χ1) is 9.54. The summed E-state index contributed by atoms with van der Waals surface area (Å²) < 4.78 is 5.01. The van der Waals surface area contributed by atoms with Crippen molar-refractivity contribution in [2.45, 2.75) is 39.2 Å². The standard InChI is InChI=1S/C15H21N3O2/c1-8-4-3-5-11(9(8)2)17-12-7-13-14(6-10(12)16)20-15(19)18-13/h6-9,11,17H,3-5,16H2,1-2H3,(H,18,19). The van der Waals surface area contributed by atoms with Gasteiger partial charge in [-0.05, 0) is 24.3 Å². The van der Waals surface area contributed by atoms with Gasteiger partial charge in [-0.15, -0.1) is 0 Å². The number of aromatic amines is 1. The van der Waals surface area contributed by atoms with Crippen LogP contribution in [0, 0.1) is 11.8 Å². The number of H-pyrrole nitrogens is 1. The third kappa shape index (κ3) is 2.28. The number of oxazole rings is 1. The predicted octanol–water partition coefficient (Wildman–Crippen LogP) is 2.94. The Morgan fingerprint density at radius 2 is 2.15 bits per heavy atom. The van der Waals surface area contributed by atoms with Crippen LogP contribution in [-0.2, 0) is 0 Å². The van der Waals surface area contributed by atoms with Crippen LogP contribution in [0.4, 0.5) is 11.4 Å². The van der Waals surface area contributed by atoms with Crippen LogP contribution >= 0.6 is 0 Å². The van der Waals surface area contributed by atoms with Crippen LogP contribution < -0.4 is 16.8 Å². The van der Waals surface area contributed by atoms with Crippen LogP contribution in [0.5, 0.6) is 0 Å². The van der Waals surface area contributed by atoms with Gasteiger partial charge in [0.2, 0.25) is 0 Å². The first-order valence-electron chi connectivity index (χ1n) is 7.23. The highest BCUT2D eigenvalue weighted by molar-refractivity contribution is 5.85. The SMILES string of the molecule is CC1CCCC(Nc2cc3[nH]c(=O)oc3cc2N)C1C. The molecule has 1 saturated carbocycles. The van der Waals surface area contributed by atoms with Gasteiger partial charge in [-0.1, -0.05) is 26.7 Å². The smallest absolute Gasteiger partial charge is 0.408 e. The summed E-state index contributed by atoms with van der Waals surface area (Å²) in [7, 11) is 0.